The minimum atomic E-state index is 0.417. The summed E-state index contributed by atoms with van der Waals surface area (Å²) >= 11 is 0. The first kappa shape index (κ1) is 13.1. The van der Waals surface area contributed by atoms with Crippen LogP contribution in [0, 0.1) is 0 Å². The molecule has 1 aliphatic carbocycles. The van der Waals surface area contributed by atoms with Gasteiger partial charge in [-0.2, -0.15) is 0 Å². The van der Waals surface area contributed by atoms with Crippen molar-refractivity contribution in [3.05, 3.63) is 35.9 Å². The third-order valence-corrected chi connectivity index (χ3v) is 4.97. The van der Waals surface area contributed by atoms with E-state index in [1.807, 2.05) is 0 Å². The number of nitrogens with two attached hydrogens (primary N) is 1. The van der Waals surface area contributed by atoms with E-state index in [0.717, 1.165) is 18.5 Å². The van der Waals surface area contributed by atoms with Crippen molar-refractivity contribution in [1.82, 2.24) is 4.90 Å². The highest BCUT2D eigenvalue weighted by Gasteiger charge is 2.28. The van der Waals surface area contributed by atoms with Crippen molar-refractivity contribution in [1.29, 1.82) is 0 Å². The van der Waals surface area contributed by atoms with E-state index in [9.17, 15) is 0 Å². The third-order valence-electron chi connectivity index (χ3n) is 4.97. The lowest BCUT2D eigenvalue weighted by atomic mass is 9.81. The maximum absolute atomic E-state index is 6.11. The van der Waals surface area contributed by atoms with E-state index in [4.69, 9.17) is 5.73 Å². The zero-order valence-electron chi connectivity index (χ0n) is 11.8. The van der Waals surface area contributed by atoms with Crippen LogP contribution in [0.4, 0.5) is 0 Å². The second-order valence-corrected chi connectivity index (χ2v) is 6.31. The molecule has 1 aromatic carbocycles. The van der Waals surface area contributed by atoms with Gasteiger partial charge in [-0.05, 0) is 56.6 Å². The number of hydrogen-bond acceptors (Lipinski definition) is 2. The van der Waals surface area contributed by atoms with Gasteiger partial charge in [0, 0.05) is 18.6 Å². The van der Waals surface area contributed by atoms with Gasteiger partial charge in [0.25, 0.3) is 0 Å². The largest absolute Gasteiger partial charge is 0.327 e. The maximum atomic E-state index is 6.11. The molecular formula is C17H26N2. The summed E-state index contributed by atoms with van der Waals surface area (Å²) in [7, 11) is 0. The fourth-order valence-electron chi connectivity index (χ4n) is 3.87. The molecule has 1 unspecified atom stereocenters. The maximum Gasteiger partial charge on any atom is 0.0168 e. The van der Waals surface area contributed by atoms with Gasteiger partial charge >= 0.3 is 0 Å². The first-order chi connectivity index (χ1) is 9.33. The Kier molecular flexibility index (Phi) is 4.19. The number of hydrogen-bond donors (Lipinski definition) is 1. The molecule has 2 N–H and O–H groups in total. The fraction of sp³-hybridized carbons (Fsp3) is 0.647. The van der Waals surface area contributed by atoms with Crippen LogP contribution in [0.3, 0.4) is 0 Å². The first-order valence-electron chi connectivity index (χ1n) is 7.87. The molecule has 0 radical (unpaired) electrons. The van der Waals surface area contributed by atoms with E-state index in [0.29, 0.717) is 6.04 Å². The third kappa shape index (κ3) is 3.18. The molecular weight excluding hydrogens is 232 g/mol. The van der Waals surface area contributed by atoms with Crippen LogP contribution in [-0.2, 0) is 0 Å². The first-order valence-corrected chi connectivity index (χ1v) is 7.87. The normalized spacial score (nSPS) is 33.2. The van der Waals surface area contributed by atoms with Crippen LogP contribution in [0.2, 0.25) is 0 Å². The smallest absolute Gasteiger partial charge is 0.0168 e. The zero-order valence-corrected chi connectivity index (χ0v) is 11.8. The highest BCUT2D eigenvalue weighted by molar-refractivity contribution is 5.20. The summed E-state index contributed by atoms with van der Waals surface area (Å²) in [5.74, 6) is 0.788. The van der Waals surface area contributed by atoms with Crippen molar-refractivity contribution < 1.29 is 0 Å². The number of nitrogens with zero attached hydrogens (tertiary/aromatic N) is 1. The monoisotopic (exact) mass is 258 g/mol. The van der Waals surface area contributed by atoms with Crippen molar-refractivity contribution >= 4 is 0 Å². The molecule has 1 aromatic rings. The summed E-state index contributed by atoms with van der Waals surface area (Å²) in [6, 6.07) is 12.3. The van der Waals surface area contributed by atoms with Crippen LogP contribution in [0.5, 0.6) is 0 Å². The molecule has 2 aliphatic rings. The molecule has 1 aliphatic heterocycles. The summed E-state index contributed by atoms with van der Waals surface area (Å²) in [6.45, 7) is 2.40. The molecule has 19 heavy (non-hydrogen) atoms. The molecule has 2 fully saturated rings. The van der Waals surface area contributed by atoms with Crippen LogP contribution in [0.1, 0.15) is 50.0 Å². The Balaban J connectivity index is 1.54. The van der Waals surface area contributed by atoms with Gasteiger partial charge < -0.3 is 5.73 Å². The summed E-state index contributed by atoms with van der Waals surface area (Å²) in [6.07, 6.45) is 7.91. The Morgan fingerprint density at radius 1 is 0.947 bits per heavy atom. The predicted octanol–water partition coefficient (Wildman–Crippen LogP) is 3.14. The van der Waals surface area contributed by atoms with Gasteiger partial charge in [-0.15, -0.1) is 0 Å². The standard InChI is InChI=1S/C17H26N2/c18-16-7-4-12-19(13-16)17-10-8-15(9-11-17)14-5-2-1-3-6-14/h1-3,5-6,15-17H,4,7-13,18H2. The van der Waals surface area contributed by atoms with E-state index < -0.39 is 0 Å². The predicted molar refractivity (Wildman–Crippen MR) is 80.2 cm³/mol. The molecule has 104 valence electrons. The zero-order chi connectivity index (χ0) is 13.1. The van der Waals surface area contributed by atoms with E-state index in [1.54, 1.807) is 0 Å². The Morgan fingerprint density at radius 3 is 2.37 bits per heavy atom. The molecule has 1 saturated carbocycles. The molecule has 2 heteroatoms. The minimum Gasteiger partial charge on any atom is -0.327 e. The number of likely N-dealkylation sites (tertiary alicyclic amines) is 1. The van der Waals surface area contributed by atoms with Crippen molar-refractivity contribution in [3.8, 4) is 0 Å². The molecule has 0 bridgehead atoms. The number of piperidine rings is 1. The quantitative estimate of drug-likeness (QED) is 0.883. The van der Waals surface area contributed by atoms with E-state index >= 15 is 0 Å². The molecule has 3 rings (SSSR count). The average molecular weight is 258 g/mol. The SMILES string of the molecule is NC1CCCN(C2CCC(c3ccccc3)CC2)C1. The van der Waals surface area contributed by atoms with E-state index in [1.165, 1.54) is 50.6 Å². The molecule has 0 spiro atoms. The summed E-state index contributed by atoms with van der Waals surface area (Å²) in [5, 5.41) is 0. The van der Waals surface area contributed by atoms with Gasteiger partial charge in [0.05, 0.1) is 0 Å². The lowest BCUT2D eigenvalue weighted by Gasteiger charge is -2.40. The highest BCUT2D eigenvalue weighted by atomic mass is 15.2. The lowest BCUT2D eigenvalue weighted by Crippen LogP contribution is -2.48. The summed E-state index contributed by atoms with van der Waals surface area (Å²) in [4.78, 5) is 2.66. The van der Waals surface area contributed by atoms with Gasteiger partial charge in [-0.1, -0.05) is 30.3 Å². The van der Waals surface area contributed by atoms with Gasteiger partial charge in [0.1, 0.15) is 0 Å². The summed E-state index contributed by atoms with van der Waals surface area (Å²) < 4.78 is 0. The minimum absolute atomic E-state index is 0.417. The van der Waals surface area contributed by atoms with Crippen molar-refractivity contribution in [2.45, 2.75) is 56.5 Å². The number of rotatable bonds is 2. The Bertz CT molecular complexity index is 382. The molecule has 1 heterocycles. The van der Waals surface area contributed by atoms with Gasteiger partial charge in [-0.3, -0.25) is 4.90 Å². The van der Waals surface area contributed by atoms with E-state index in [-0.39, 0.29) is 0 Å². The second-order valence-electron chi connectivity index (χ2n) is 6.31. The van der Waals surface area contributed by atoms with Crippen LogP contribution in [0.15, 0.2) is 30.3 Å². The van der Waals surface area contributed by atoms with E-state index in [2.05, 4.69) is 35.2 Å². The van der Waals surface area contributed by atoms with Gasteiger partial charge in [0.15, 0.2) is 0 Å². The Labute approximate surface area is 117 Å². The highest BCUT2D eigenvalue weighted by Crippen LogP contribution is 2.35. The summed E-state index contributed by atoms with van der Waals surface area (Å²) in [5.41, 5.74) is 7.65. The van der Waals surface area contributed by atoms with Crippen molar-refractivity contribution in [2.75, 3.05) is 13.1 Å². The molecule has 1 saturated heterocycles. The van der Waals surface area contributed by atoms with Gasteiger partial charge in [-0.25, -0.2) is 0 Å². The van der Waals surface area contributed by atoms with Crippen LogP contribution < -0.4 is 5.73 Å². The van der Waals surface area contributed by atoms with Crippen LogP contribution in [0.25, 0.3) is 0 Å². The molecule has 0 amide bonds. The average Bonchev–Trinajstić information content (AvgIpc) is 2.48. The second kappa shape index (κ2) is 6.06. The fourth-order valence-corrected chi connectivity index (χ4v) is 3.87. The van der Waals surface area contributed by atoms with Gasteiger partial charge in [0.2, 0.25) is 0 Å². The molecule has 1 atom stereocenters. The number of benzene rings is 1. The van der Waals surface area contributed by atoms with Crippen LogP contribution >= 0.6 is 0 Å². The van der Waals surface area contributed by atoms with Crippen LogP contribution in [-0.4, -0.2) is 30.1 Å². The topological polar surface area (TPSA) is 29.3 Å². The molecule has 2 nitrogen and oxygen atoms in total. The van der Waals surface area contributed by atoms with Crippen molar-refractivity contribution in [2.24, 2.45) is 5.73 Å². The lowest BCUT2D eigenvalue weighted by molar-refractivity contribution is 0.115. The Morgan fingerprint density at radius 2 is 1.68 bits per heavy atom. The Hall–Kier alpha value is -0.860. The van der Waals surface area contributed by atoms with Crippen molar-refractivity contribution in [3.63, 3.8) is 0 Å². The molecule has 0 aromatic heterocycles.